The van der Waals surface area contributed by atoms with E-state index < -0.39 is 5.54 Å². The van der Waals surface area contributed by atoms with Gasteiger partial charge in [0.1, 0.15) is 5.54 Å². The average Bonchev–Trinajstić information content (AvgIpc) is 3.11. The molecule has 0 saturated carbocycles. The molecule has 0 spiro atoms. The van der Waals surface area contributed by atoms with Gasteiger partial charge in [0.15, 0.2) is 0 Å². The van der Waals surface area contributed by atoms with Gasteiger partial charge in [-0.05, 0) is 30.5 Å². The maximum atomic E-state index is 12.8. The van der Waals surface area contributed by atoms with Gasteiger partial charge in [0.05, 0.1) is 0 Å². The third kappa shape index (κ3) is 3.12. The lowest BCUT2D eigenvalue weighted by molar-refractivity contribution is -0.141. The van der Waals surface area contributed by atoms with E-state index in [1.165, 1.54) is 5.56 Å². The molecule has 0 aromatic carbocycles. The number of hydrogen-bond donors (Lipinski definition) is 0. The molecule has 0 unspecified atom stereocenters. The summed E-state index contributed by atoms with van der Waals surface area (Å²) in [5, 5.41) is 4.37. The van der Waals surface area contributed by atoms with Crippen LogP contribution in [0.2, 0.25) is 0 Å². The molecule has 0 aliphatic carbocycles. The molecule has 0 atom stereocenters. The first-order chi connectivity index (χ1) is 11.1. The lowest BCUT2D eigenvalue weighted by atomic mass is 9.86. The summed E-state index contributed by atoms with van der Waals surface area (Å²) in [5.74, 6) is 0.127. The number of piperidine rings is 1. The highest BCUT2D eigenvalue weighted by atomic mass is 16.2. The Bertz CT molecular complexity index is 630. The Morgan fingerprint density at radius 3 is 2.61 bits per heavy atom. The number of likely N-dealkylation sites (N-methyl/N-ethyl adjacent to an activating group) is 1. The normalized spacial score (nSPS) is 17.8. The molecule has 122 valence electrons. The first-order valence-corrected chi connectivity index (χ1v) is 7.95. The molecule has 1 aliphatic rings. The van der Waals surface area contributed by atoms with Crippen LogP contribution in [0, 0.1) is 0 Å². The van der Waals surface area contributed by atoms with Crippen LogP contribution < -0.4 is 0 Å². The molecular formula is C17H23N5O. The number of amides is 1. The fourth-order valence-corrected chi connectivity index (χ4v) is 3.31. The van der Waals surface area contributed by atoms with Gasteiger partial charge in [0, 0.05) is 58.5 Å². The second kappa shape index (κ2) is 6.50. The highest BCUT2D eigenvalue weighted by molar-refractivity contribution is 5.84. The summed E-state index contributed by atoms with van der Waals surface area (Å²) in [5.41, 5.74) is 0.649. The standard InChI is InChI=1S/C17H23N5O/c1-20(2)16(23)17(22-10-4-9-19-22)6-11-21(12-7-17)14-15-5-3-8-18-13-15/h3-5,8-10,13H,6-7,11-12,14H2,1-2H3. The van der Waals surface area contributed by atoms with Crippen LogP contribution in [0.25, 0.3) is 0 Å². The van der Waals surface area contributed by atoms with E-state index in [1.54, 1.807) is 17.3 Å². The van der Waals surface area contributed by atoms with Gasteiger partial charge < -0.3 is 4.90 Å². The number of hydrogen-bond acceptors (Lipinski definition) is 4. The highest BCUT2D eigenvalue weighted by Crippen LogP contribution is 2.32. The number of carbonyl (C=O) groups excluding carboxylic acids is 1. The average molecular weight is 313 g/mol. The molecule has 0 bridgehead atoms. The van der Waals surface area contributed by atoms with Crippen molar-refractivity contribution in [2.75, 3.05) is 27.2 Å². The summed E-state index contributed by atoms with van der Waals surface area (Å²) >= 11 is 0. The Hall–Kier alpha value is -2.21. The van der Waals surface area contributed by atoms with Crippen molar-refractivity contribution in [3.63, 3.8) is 0 Å². The summed E-state index contributed by atoms with van der Waals surface area (Å²) in [6, 6.07) is 5.93. The Kier molecular flexibility index (Phi) is 4.43. The molecule has 3 rings (SSSR count). The van der Waals surface area contributed by atoms with E-state index in [0.29, 0.717) is 0 Å². The monoisotopic (exact) mass is 313 g/mol. The Labute approximate surface area is 136 Å². The van der Waals surface area contributed by atoms with Crippen LogP contribution in [-0.4, -0.2) is 57.7 Å². The summed E-state index contributed by atoms with van der Waals surface area (Å²) in [7, 11) is 3.63. The second-order valence-electron chi connectivity index (χ2n) is 6.32. The van der Waals surface area contributed by atoms with E-state index in [2.05, 4.69) is 21.0 Å². The van der Waals surface area contributed by atoms with Crippen molar-refractivity contribution in [3.8, 4) is 0 Å². The Morgan fingerprint density at radius 2 is 2.04 bits per heavy atom. The molecule has 1 fully saturated rings. The first kappa shape index (κ1) is 15.7. The minimum atomic E-state index is -0.557. The largest absolute Gasteiger partial charge is 0.347 e. The fraction of sp³-hybridized carbons (Fsp3) is 0.471. The van der Waals surface area contributed by atoms with E-state index in [4.69, 9.17) is 0 Å². The first-order valence-electron chi connectivity index (χ1n) is 7.95. The van der Waals surface area contributed by atoms with Gasteiger partial charge in [-0.25, -0.2) is 0 Å². The zero-order valence-electron chi connectivity index (χ0n) is 13.7. The highest BCUT2D eigenvalue weighted by Gasteiger charge is 2.44. The van der Waals surface area contributed by atoms with Crippen LogP contribution in [0.4, 0.5) is 0 Å². The van der Waals surface area contributed by atoms with Crippen molar-refractivity contribution in [1.82, 2.24) is 24.6 Å². The van der Waals surface area contributed by atoms with Crippen LogP contribution in [0.5, 0.6) is 0 Å². The number of nitrogens with zero attached hydrogens (tertiary/aromatic N) is 5. The molecular weight excluding hydrogens is 290 g/mol. The zero-order valence-corrected chi connectivity index (χ0v) is 13.7. The summed E-state index contributed by atoms with van der Waals surface area (Å²) < 4.78 is 1.84. The molecule has 0 radical (unpaired) electrons. The molecule has 0 N–H and O–H groups in total. The van der Waals surface area contributed by atoms with Gasteiger partial charge in [-0.1, -0.05) is 6.07 Å². The molecule has 1 saturated heterocycles. The number of carbonyl (C=O) groups is 1. The summed E-state index contributed by atoms with van der Waals surface area (Å²) in [4.78, 5) is 21.0. The lowest BCUT2D eigenvalue weighted by Gasteiger charge is -2.42. The van der Waals surface area contributed by atoms with E-state index in [1.807, 2.05) is 43.3 Å². The summed E-state index contributed by atoms with van der Waals surface area (Å²) in [6.45, 7) is 2.61. The van der Waals surface area contributed by atoms with Crippen molar-refractivity contribution in [2.24, 2.45) is 0 Å². The number of pyridine rings is 1. The predicted molar refractivity (Wildman–Crippen MR) is 87.6 cm³/mol. The van der Waals surface area contributed by atoms with Gasteiger partial charge in [0.25, 0.3) is 0 Å². The molecule has 3 heterocycles. The predicted octanol–water partition coefficient (Wildman–Crippen LogP) is 1.36. The summed E-state index contributed by atoms with van der Waals surface area (Å²) in [6.07, 6.45) is 8.88. The van der Waals surface area contributed by atoms with Crippen LogP contribution in [0.3, 0.4) is 0 Å². The zero-order chi connectivity index (χ0) is 16.3. The fourth-order valence-electron chi connectivity index (χ4n) is 3.31. The molecule has 23 heavy (non-hydrogen) atoms. The molecule has 2 aromatic rings. The third-order valence-corrected chi connectivity index (χ3v) is 4.56. The van der Waals surface area contributed by atoms with Crippen molar-refractivity contribution in [3.05, 3.63) is 48.5 Å². The van der Waals surface area contributed by atoms with Gasteiger partial charge >= 0.3 is 0 Å². The number of rotatable bonds is 4. The molecule has 6 heteroatoms. The SMILES string of the molecule is CN(C)C(=O)C1(n2cccn2)CCN(Cc2cccnc2)CC1. The molecule has 1 aliphatic heterocycles. The minimum Gasteiger partial charge on any atom is -0.347 e. The Morgan fingerprint density at radius 1 is 1.26 bits per heavy atom. The van der Waals surface area contributed by atoms with Crippen molar-refractivity contribution < 1.29 is 4.79 Å². The van der Waals surface area contributed by atoms with Crippen LogP contribution in [-0.2, 0) is 16.9 Å². The lowest BCUT2D eigenvalue weighted by Crippen LogP contribution is -2.54. The van der Waals surface area contributed by atoms with E-state index in [-0.39, 0.29) is 5.91 Å². The van der Waals surface area contributed by atoms with Crippen LogP contribution >= 0.6 is 0 Å². The molecule has 1 amide bonds. The van der Waals surface area contributed by atoms with E-state index >= 15 is 0 Å². The maximum Gasteiger partial charge on any atom is 0.250 e. The van der Waals surface area contributed by atoms with Crippen LogP contribution in [0.15, 0.2) is 43.0 Å². The quantitative estimate of drug-likeness (QED) is 0.855. The number of aromatic nitrogens is 3. The van der Waals surface area contributed by atoms with E-state index in [9.17, 15) is 4.79 Å². The van der Waals surface area contributed by atoms with E-state index in [0.717, 1.165) is 32.5 Å². The van der Waals surface area contributed by atoms with Crippen molar-refractivity contribution in [2.45, 2.75) is 24.9 Å². The van der Waals surface area contributed by atoms with Gasteiger partial charge in [-0.2, -0.15) is 5.10 Å². The van der Waals surface area contributed by atoms with Gasteiger partial charge in [0.2, 0.25) is 5.91 Å². The van der Waals surface area contributed by atoms with Crippen molar-refractivity contribution >= 4 is 5.91 Å². The smallest absolute Gasteiger partial charge is 0.250 e. The van der Waals surface area contributed by atoms with Crippen LogP contribution in [0.1, 0.15) is 18.4 Å². The van der Waals surface area contributed by atoms with Gasteiger partial charge in [-0.15, -0.1) is 0 Å². The second-order valence-corrected chi connectivity index (χ2v) is 6.32. The van der Waals surface area contributed by atoms with Gasteiger partial charge in [-0.3, -0.25) is 19.4 Å². The van der Waals surface area contributed by atoms with Crippen molar-refractivity contribution in [1.29, 1.82) is 0 Å². The maximum absolute atomic E-state index is 12.8. The molecule has 2 aromatic heterocycles. The molecule has 6 nitrogen and oxygen atoms in total. The Balaban J connectivity index is 1.74. The third-order valence-electron chi connectivity index (χ3n) is 4.56. The topological polar surface area (TPSA) is 54.3 Å². The minimum absolute atomic E-state index is 0.127. The number of likely N-dealkylation sites (tertiary alicyclic amines) is 1.